The number of aryl methyl sites for hydroxylation is 1. The van der Waals surface area contributed by atoms with Gasteiger partial charge in [0.1, 0.15) is 16.6 Å². The van der Waals surface area contributed by atoms with E-state index in [4.69, 9.17) is 25.9 Å². The standard InChI is InChI=1S/C54H76N6O6S2/c1-35(61)66-53-22-16-38(44(62)30-53)9-3-2-4-25-67-68-54-20-7-19-52(54)21-15-36(29-52)8-5-11-42(32-58-50(56)59-54)51(28-37-18-24-57-46(55)26-37)31-47(63)60(34-51)33-41-27-40(17-23-53)43-14-13-39-10-6-12-45(39)65-49(43)48(41)64/h18,26-27,36,38-39,42,44-45,57,62,64H,2-4,6-10,12-17,19-25,28-34,55H2,1H3,(H3,56,58,59). The van der Waals surface area contributed by atoms with Crippen LogP contribution in [0.1, 0.15) is 158 Å². The van der Waals surface area contributed by atoms with Crippen molar-refractivity contribution in [3.8, 4) is 23.3 Å². The minimum Gasteiger partial charge on any atom is -0.504 e. The molecule has 0 aromatic heterocycles. The first kappa shape index (κ1) is 48.0. The number of hydrogen-bond donors (Lipinski definition) is 6. The number of aromatic hydroxyl groups is 1. The lowest BCUT2D eigenvalue weighted by atomic mass is 9.70. The second-order valence-electron chi connectivity index (χ2n) is 22.6. The number of fused-ring (bicyclic) bond motifs is 12. The monoisotopic (exact) mass is 969 g/mol. The second kappa shape index (κ2) is 19.9. The number of amides is 1. The van der Waals surface area contributed by atoms with Crippen molar-refractivity contribution in [2.45, 2.75) is 184 Å². The van der Waals surface area contributed by atoms with Gasteiger partial charge in [-0.15, -0.1) is 5.92 Å². The first-order valence-electron chi connectivity index (χ1n) is 26.3. The molecule has 8 N–H and O–H groups in total. The minimum absolute atomic E-state index is 0.0166. The highest BCUT2D eigenvalue weighted by molar-refractivity contribution is 8.77. The normalized spacial score (nSPS) is 37.6. The third kappa shape index (κ3) is 9.72. The number of dihydropyridines is 1. The number of nitrogens with zero attached hydrogens (tertiary/aromatic N) is 2. The number of ether oxygens (including phenoxy) is 2. The fraction of sp³-hybridized carbons (Fsp3) is 0.722. The number of rotatable bonds is 3. The highest BCUT2D eigenvalue weighted by atomic mass is 33.1. The summed E-state index contributed by atoms with van der Waals surface area (Å²) < 4.78 is 13.1. The lowest BCUT2D eigenvalue weighted by Gasteiger charge is -2.44. The van der Waals surface area contributed by atoms with Gasteiger partial charge in [-0.2, -0.15) is 0 Å². The van der Waals surface area contributed by atoms with E-state index in [9.17, 15) is 19.8 Å². The van der Waals surface area contributed by atoms with Crippen LogP contribution in [0.4, 0.5) is 0 Å². The van der Waals surface area contributed by atoms with Gasteiger partial charge >= 0.3 is 5.97 Å². The van der Waals surface area contributed by atoms with Gasteiger partial charge in [0.05, 0.1) is 18.5 Å². The Morgan fingerprint density at radius 2 is 1.88 bits per heavy atom. The number of esters is 1. The first-order valence-corrected chi connectivity index (χ1v) is 28.6. The van der Waals surface area contributed by atoms with Gasteiger partial charge in [0, 0.05) is 79.4 Å². The van der Waals surface area contributed by atoms with E-state index in [2.05, 4.69) is 34.6 Å². The molecular formula is C54H76N6O6S2. The molecule has 11 rings (SSSR count). The van der Waals surface area contributed by atoms with Crippen molar-refractivity contribution in [2.75, 3.05) is 25.4 Å². The Morgan fingerprint density at radius 3 is 2.74 bits per heavy atom. The van der Waals surface area contributed by atoms with E-state index in [0.717, 1.165) is 125 Å². The van der Waals surface area contributed by atoms with Gasteiger partial charge in [-0.05, 0) is 157 Å². The molecule has 10 bridgehead atoms. The maximum absolute atomic E-state index is 14.8. The Hall–Kier alpha value is -3.67. The molecule has 4 aliphatic carbocycles. The molecule has 12 nitrogen and oxygen atoms in total. The number of phenols is 1. The smallest absolute Gasteiger partial charge is 0.303 e. The molecule has 2 spiro atoms. The Balaban J connectivity index is 1.04. The van der Waals surface area contributed by atoms with Crippen molar-refractivity contribution < 1.29 is 29.3 Å². The molecule has 6 heterocycles. The van der Waals surface area contributed by atoms with Crippen molar-refractivity contribution in [1.29, 1.82) is 0 Å². The molecule has 1 saturated heterocycles. The van der Waals surface area contributed by atoms with Crippen LogP contribution < -0.4 is 26.8 Å². The van der Waals surface area contributed by atoms with E-state index >= 15 is 0 Å². The van der Waals surface area contributed by atoms with Crippen LogP contribution in [0, 0.1) is 46.3 Å². The van der Waals surface area contributed by atoms with Crippen molar-refractivity contribution in [3.63, 3.8) is 0 Å². The number of allylic oxidation sites excluding steroid dienone is 2. The van der Waals surface area contributed by atoms with Crippen LogP contribution in [0.15, 0.2) is 34.6 Å². The van der Waals surface area contributed by atoms with E-state index in [1.54, 1.807) is 0 Å². The predicted octanol–water partition coefficient (Wildman–Crippen LogP) is 8.27. The second-order valence-corrected chi connectivity index (χ2v) is 25.3. The van der Waals surface area contributed by atoms with Crippen LogP contribution in [-0.4, -0.2) is 81.0 Å². The molecule has 10 aliphatic rings. The molecule has 10 atom stereocenters. The number of benzene rings is 1. The van der Waals surface area contributed by atoms with Crippen molar-refractivity contribution in [1.82, 2.24) is 15.5 Å². The summed E-state index contributed by atoms with van der Waals surface area (Å²) >= 11 is 0. The summed E-state index contributed by atoms with van der Waals surface area (Å²) in [4.78, 5) is 34.5. The average Bonchev–Trinajstić information content (AvgIpc) is 4.06. The van der Waals surface area contributed by atoms with Crippen LogP contribution >= 0.6 is 21.6 Å². The third-order valence-electron chi connectivity index (χ3n) is 18.2. The Kier molecular flexibility index (Phi) is 14.0. The largest absolute Gasteiger partial charge is 0.504 e. The molecule has 4 saturated carbocycles. The molecule has 0 radical (unpaired) electrons. The van der Waals surface area contributed by atoms with E-state index in [-0.39, 0.29) is 58.8 Å². The maximum Gasteiger partial charge on any atom is 0.303 e. The fourth-order valence-electron chi connectivity index (χ4n) is 14.6. The van der Waals surface area contributed by atoms with Crippen molar-refractivity contribution in [2.24, 2.45) is 51.0 Å². The zero-order valence-corrected chi connectivity index (χ0v) is 42.0. The van der Waals surface area contributed by atoms with Crippen LogP contribution in [0.3, 0.4) is 0 Å². The topological polar surface area (TPSA) is 185 Å². The fourth-order valence-corrected chi connectivity index (χ4v) is 18.2. The Labute approximate surface area is 412 Å². The lowest BCUT2D eigenvalue weighted by Crippen LogP contribution is -2.56. The molecule has 1 aromatic rings. The summed E-state index contributed by atoms with van der Waals surface area (Å²) in [5.74, 6) is 10.8. The highest BCUT2D eigenvalue weighted by Gasteiger charge is 2.59. The number of guanidine groups is 1. The van der Waals surface area contributed by atoms with Crippen molar-refractivity contribution >= 4 is 39.4 Å². The molecular weight excluding hydrogens is 893 g/mol. The number of aliphatic hydroxyl groups is 1. The number of nitrogens with one attached hydrogen (secondary N) is 2. The Morgan fingerprint density at radius 1 is 1.00 bits per heavy atom. The highest BCUT2D eigenvalue weighted by Crippen LogP contribution is 2.64. The van der Waals surface area contributed by atoms with E-state index in [1.807, 2.05) is 32.6 Å². The van der Waals surface area contributed by atoms with E-state index in [0.29, 0.717) is 86.7 Å². The lowest BCUT2D eigenvalue weighted by molar-refractivity contribution is -0.168. The molecule has 1 amide bonds. The number of carbonyl (C=O) groups excluding carboxylic acids is 2. The zero-order chi connectivity index (χ0) is 47.1. The molecule has 5 fully saturated rings. The zero-order valence-electron chi connectivity index (χ0n) is 40.4. The quantitative estimate of drug-likeness (QED) is 0.0970. The number of aliphatic imine (C=N–C) groups is 1. The van der Waals surface area contributed by atoms with Gasteiger partial charge in [0.2, 0.25) is 5.91 Å². The van der Waals surface area contributed by atoms with Crippen LogP contribution in [0.2, 0.25) is 0 Å². The van der Waals surface area contributed by atoms with Crippen LogP contribution in [0.25, 0.3) is 0 Å². The molecule has 14 heteroatoms. The number of hydrogen-bond acceptors (Lipinski definition) is 13. The summed E-state index contributed by atoms with van der Waals surface area (Å²) in [5, 5.41) is 31.3. The van der Waals surface area contributed by atoms with E-state index in [1.165, 1.54) is 13.3 Å². The summed E-state index contributed by atoms with van der Waals surface area (Å²) in [6, 6.07) is 2.10. The maximum atomic E-state index is 14.8. The summed E-state index contributed by atoms with van der Waals surface area (Å²) in [7, 11) is 3.98. The minimum atomic E-state index is -0.787. The summed E-state index contributed by atoms with van der Waals surface area (Å²) in [6.07, 6.45) is 24.5. The summed E-state index contributed by atoms with van der Waals surface area (Å²) in [6.45, 7) is 3.11. The molecule has 1 aromatic carbocycles. The number of carbonyl (C=O) groups is 2. The molecule has 370 valence electrons. The van der Waals surface area contributed by atoms with Gasteiger partial charge < -0.3 is 46.7 Å². The van der Waals surface area contributed by atoms with Gasteiger partial charge in [-0.3, -0.25) is 14.6 Å². The Bertz CT molecular complexity index is 2260. The van der Waals surface area contributed by atoms with Gasteiger partial charge in [-0.1, -0.05) is 46.4 Å². The van der Waals surface area contributed by atoms with Gasteiger partial charge in [0.15, 0.2) is 17.5 Å². The average molecular weight is 969 g/mol. The van der Waals surface area contributed by atoms with Gasteiger partial charge in [0.25, 0.3) is 0 Å². The number of phenolic OH excluding ortho intramolecular Hbond substituents is 1. The van der Waals surface area contributed by atoms with Crippen LogP contribution in [-0.2, 0) is 33.7 Å². The first-order chi connectivity index (χ1) is 32.8. The van der Waals surface area contributed by atoms with Gasteiger partial charge in [-0.25, -0.2) is 0 Å². The molecule has 68 heavy (non-hydrogen) atoms. The van der Waals surface area contributed by atoms with Crippen LogP contribution in [0.5, 0.6) is 11.5 Å². The molecule has 10 unspecified atom stereocenters. The summed E-state index contributed by atoms with van der Waals surface area (Å²) in [5.41, 5.74) is 16.0. The molecule has 6 aliphatic heterocycles. The number of aliphatic hydroxyl groups excluding tert-OH is 1. The number of nitrogens with two attached hydrogens (primary N) is 2. The van der Waals surface area contributed by atoms with E-state index < -0.39 is 17.1 Å². The SMILES string of the molecule is CC(=O)OC12CCc3cc(c(O)c4c3CCC3CCCC3O4)CN3CC(CC4=CCNC(N)=C4)(CC3=O)C3C#CCC4CCC5(CCCC5(NC(N)=NC3)SSCCCCCC(CC1)C(O)C2)C4. The van der Waals surface area contributed by atoms with Crippen molar-refractivity contribution in [3.05, 3.63) is 46.3 Å². The third-order valence-corrected chi connectivity index (χ3v) is 21.5. The predicted molar refractivity (Wildman–Crippen MR) is 270 cm³/mol.